The fourth-order valence-electron chi connectivity index (χ4n) is 3.93. The van der Waals surface area contributed by atoms with E-state index in [9.17, 15) is 15.0 Å². The topological polar surface area (TPSA) is 105 Å². The molecular weight excluding hydrogens is 482 g/mol. The maximum Gasteiger partial charge on any atom is 0.248 e. The number of anilines is 2. The van der Waals surface area contributed by atoms with E-state index in [1.807, 2.05) is 65.8 Å². The fraction of sp³-hybridized carbons (Fsp3) is 0.300. The number of aromatic hydroxyl groups is 2. The Balaban J connectivity index is 1.81. The minimum absolute atomic E-state index is 0.0937. The summed E-state index contributed by atoms with van der Waals surface area (Å²) in [4.78, 5) is 13.4. The number of amidine groups is 1. The summed E-state index contributed by atoms with van der Waals surface area (Å²) in [5.41, 5.74) is 3.23. The number of nitrogens with one attached hydrogen (secondary N) is 3. The number of benzene rings is 2. The molecule has 0 bridgehead atoms. The molecule has 1 aliphatic rings. The van der Waals surface area contributed by atoms with Crippen molar-refractivity contribution in [3.05, 3.63) is 76.9 Å². The van der Waals surface area contributed by atoms with Crippen molar-refractivity contribution in [2.75, 3.05) is 10.6 Å². The van der Waals surface area contributed by atoms with Crippen LogP contribution in [0.2, 0.25) is 0 Å². The molecule has 0 atom stereocenters. The second-order valence-electron chi connectivity index (χ2n) is 11.2. The highest BCUT2D eigenvalue weighted by Crippen LogP contribution is 2.40. The van der Waals surface area contributed by atoms with Crippen LogP contribution in [0.25, 0.3) is 6.08 Å². The Morgan fingerprint density at radius 3 is 2.19 bits per heavy atom. The van der Waals surface area contributed by atoms with Crippen molar-refractivity contribution in [1.82, 2.24) is 0 Å². The third kappa shape index (κ3) is 6.95. The predicted molar refractivity (Wildman–Crippen MR) is 157 cm³/mol. The van der Waals surface area contributed by atoms with Crippen molar-refractivity contribution in [2.24, 2.45) is 0 Å². The molecule has 2 aromatic rings. The molecule has 1 aliphatic carbocycles. The predicted octanol–water partition coefficient (Wildman–Crippen LogP) is 6.99. The molecule has 0 aromatic heterocycles. The molecule has 5 N–H and O–H groups in total. The van der Waals surface area contributed by atoms with Crippen LogP contribution in [0.3, 0.4) is 0 Å². The highest BCUT2D eigenvalue weighted by molar-refractivity contribution is 7.81. The summed E-state index contributed by atoms with van der Waals surface area (Å²) in [6.07, 6.45) is 9.28. The van der Waals surface area contributed by atoms with Crippen LogP contribution in [-0.4, -0.2) is 26.8 Å². The summed E-state index contributed by atoms with van der Waals surface area (Å²) in [6.45, 7) is 12.2. The van der Waals surface area contributed by atoms with E-state index >= 15 is 0 Å². The lowest BCUT2D eigenvalue weighted by molar-refractivity contribution is -0.111. The Bertz CT molecular complexity index is 1300. The van der Waals surface area contributed by atoms with Crippen molar-refractivity contribution in [1.29, 1.82) is 5.41 Å². The molecule has 0 aliphatic heterocycles. The zero-order valence-electron chi connectivity index (χ0n) is 22.2. The van der Waals surface area contributed by atoms with E-state index in [1.165, 1.54) is 12.1 Å². The van der Waals surface area contributed by atoms with Gasteiger partial charge in [0.1, 0.15) is 17.3 Å². The van der Waals surface area contributed by atoms with Crippen LogP contribution in [0.1, 0.15) is 64.7 Å². The number of carbonyl (C=O) groups excluding carboxylic acids is 1. The van der Waals surface area contributed by atoms with Gasteiger partial charge in [-0.05, 0) is 52.8 Å². The van der Waals surface area contributed by atoms with E-state index in [2.05, 4.69) is 10.6 Å². The van der Waals surface area contributed by atoms with Crippen molar-refractivity contribution < 1.29 is 15.0 Å². The van der Waals surface area contributed by atoms with E-state index in [0.717, 1.165) is 16.7 Å². The lowest BCUT2D eigenvalue weighted by Crippen LogP contribution is -2.19. The van der Waals surface area contributed by atoms with Crippen LogP contribution >= 0.6 is 12.2 Å². The van der Waals surface area contributed by atoms with Gasteiger partial charge in [0.2, 0.25) is 5.91 Å². The highest BCUT2D eigenvalue weighted by atomic mass is 32.1. The fourth-order valence-corrected chi connectivity index (χ4v) is 4.20. The van der Waals surface area contributed by atoms with Gasteiger partial charge in [0, 0.05) is 39.7 Å². The van der Waals surface area contributed by atoms with Crippen molar-refractivity contribution >= 4 is 46.3 Å². The van der Waals surface area contributed by atoms with E-state index < -0.39 is 5.91 Å². The first kappa shape index (κ1) is 27.9. The van der Waals surface area contributed by atoms with Crippen LogP contribution in [0.4, 0.5) is 11.4 Å². The number of phenolic OH excluding ortho intramolecular Hbond substituents is 2. The minimum atomic E-state index is -0.425. The average Bonchev–Trinajstić information content (AvgIpc) is 2.79. The number of phenols is 2. The number of rotatable bonds is 5. The summed E-state index contributed by atoms with van der Waals surface area (Å²) in [7, 11) is 0. The first-order valence-corrected chi connectivity index (χ1v) is 12.5. The van der Waals surface area contributed by atoms with Gasteiger partial charge in [-0.15, -0.1) is 0 Å². The third-order valence-corrected chi connectivity index (χ3v) is 6.36. The molecule has 1 amide bonds. The summed E-state index contributed by atoms with van der Waals surface area (Å²) in [5, 5.41) is 35.2. The van der Waals surface area contributed by atoms with E-state index in [0.29, 0.717) is 22.5 Å². The Morgan fingerprint density at radius 1 is 1.00 bits per heavy atom. The Kier molecular flexibility index (Phi) is 8.08. The van der Waals surface area contributed by atoms with Gasteiger partial charge in [-0.3, -0.25) is 10.2 Å². The molecule has 0 spiro atoms. The number of thiocarbonyl (C=S) groups is 1. The van der Waals surface area contributed by atoms with Gasteiger partial charge in [0.15, 0.2) is 0 Å². The molecule has 194 valence electrons. The zero-order chi connectivity index (χ0) is 27.5. The van der Waals surface area contributed by atoms with Gasteiger partial charge in [-0.2, -0.15) is 0 Å². The van der Waals surface area contributed by atoms with Crippen molar-refractivity contribution in [3.63, 3.8) is 0 Å². The van der Waals surface area contributed by atoms with Crippen LogP contribution in [0.5, 0.6) is 11.5 Å². The Labute approximate surface area is 224 Å². The van der Waals surface area contributed by atoms with Crippen LogP contribution in [-0.2, 0) is 15.6 Å². The van der Waals surface area contributed by atoms with Crippen molar-refractivity contribution in [2.45, 2.75) is 58.8 Å². The molecule has 6 nitrogen and oxygen atoms in total. The molecule has 7 heteroatoms. The molecule has 0 fully saturated rings. The van der Waals surface area contributed by atoms with E-state index in [-0.39, 0.29) is 33.9 Å². The first-order valence-electron chi connectivity index (χ1n) is 12.1. The zero-order valence-corrected chi connectivity index (χ0v) is 23.0. The molecule has 0 saturated carbocycles. The number of allylic oxidation sites excluding steroid dienone is 3. The number of hydrogen-bond donors (Lipinski definition) is 5. The largest absolute Gasteiger partial charge is 0.507 e. The number of amides is 1. The summed E-state index contributed by atoms with van der Waals surface area (Å²) in [5.74, 6) is -0.0913. The Morgan fingerprint density at radius 2 is 1.62 bits per heavy atom. The van der Waals surface area contributed by atoms with Crippen molar-refractivity contribution in [3.8, 4) is 11.5 Å². The lowest BCUT2D eigenvalue weighted by Gasteiger charge is -2.27. The van der Waals surface area contributed by atoms with Crippen LogP contribution < -0.4 is 10.6 Å². The quantitative estimate of drug-likeness (QED) is 0.0734. The van der Waals surface area contributed by atoms with Gasteiger partial charge < -0.3 is 20.8 Å². The second-order valence-corrected chi connectivity index (χ2v) is 11.6. The number of hydrogen-bond acceptors (Lipinski definition) is 5. The standard InChI is InChI=1S/C30H35N3O3S/c1-29(2,3)21-15-18(16-22(27(21)36)30(4,5)6)11-14-26(35)33-23-17-19(12-13-24(23)34)32-28(31)20-9-7-8-10-25(20)37/h7-9,11-17,34,36H,10H2,1-6H3,(H2,31,32)(H,33,35). The van der Waals surface area contributed by atoms with Crippen LogP contribution in [0, 0.1) is 5.41 Å². The molecule has 0 saturated heterocycles. The maximum absolute atomic E-state index is 12.7. The third-order valence-electron chi connectivity index (χ3n) is 5.97. The molecule has 37 heavy (non-hydrogen) atoms. The molecule has 2 aromatic carbocycles. The average molecular weight is 518 g/mol. The van der Waals surface area contributed by atoms with E-state index in [4.69, 9.17) is 17.6 Å². The second kappa shape index (κ2) is 10.7. The van der Waals surface area contributed by atoms with Gasteiger partial charge in [-0.25, -0.2) is 0 Å². The van der Waals surface area contributed by atoms with Gasteiger partial charge in [0.25, 0.3) is 0 Å². The van der Waals surface area contributed by atoms with E-state index in [1.54, 1.807) is 24.3 Å². The number of carbonyl (C=O) groups is 1. The monoisotopic (exact) mass is 517 g/mol. The summed E-state index contributed by atoms with van der Waals surface area (Å²) in [6, 6.07) is 8.42. The maximum atomic E-state index is 12.7. The minimum Gasteiger partial charge on any atom is -0.507 e. The van der Waals surface area contributed by atoms with Gasteiger partial charge >= 0.3 is 0 Å². The first-order chi connectivity index (χ1) is 17.2. The van der Waals surface area contributed by atoms with Gasteiger partial charge in [0.05, 0.1) is 5.69 Å². The normalized spacial score (nSPS) is 14.0. The SMILES string of the molecule is CC(C)(C)c1cc(C=CC(=O)Nc2cc(NC(=N)C3=CC=CCC3=S)ccc2O)cc(C(C)(C)C)c1O. The molecule has 0 heterocycles. The molecule has 3 rings (SSSR count). The highest BCUT2D eigenvalue weighted by Gasteiger charge is 2.26. The Hall–Kier alpha value is -3.71. The summed E-state index contributed by atoms with van der Waals surface area (Å²) < 4.78 is 0. The lowest BCUT2D eigenvalue weighted by atomic mass is 9.78. The smallest absolute Gasteiger partial charge is 0.248 e. The summed E-state index contributed by atoms with van der Waals surface area (Å²) >= 11 is 5.34. The molecular formula is C30H35N3O3S. The van der Waals surface area contributed by atoms with Gasteiger partial charge in [-0.1, -0.05) is 72.0 Å². The molecule has 0 unspecified atom stereocenters. The molecule has 0 radical (unpaired) electrons. The van der Waals surface area contributed by atoms with Crippen LogP contribution in [0.15, 0.2) is 60.2 Å².